The van der Waals surface area contributed by atoms with Gasteiger partial charge < -0.3 is 4.74 Å². The molecular formula is C21H15NO. The second-order valence-corrected chi connectivity index (χ2v) is 5.32. The number of ether oxygens (including phenoxy) is 1. The number of hydrogen-bond acceptors (Lipinski definition) is 2. The lowest BCUT2D eigenvalue weighted by Crippen LogP contribution is -2.10. The highest BCUT2D eigenvalue weighted by molar-refractivity contribution is 6.04. The van der Waals surface area contributed by atoms with Crippen LogP contribution in [0, 0.1) is 0 Å². The molecule has 1 aliphatic heterocycles. The molecule has 4 rings (SSSR count). The number of fused-ring (bicyclic) bond motifs is 1. The Bertz CT molecular complexity index is 880. The first kappa shape index (κ1) is 13.5. The summed E-state index contributed by atoms with van der Waals surface area (Å²) >= 11 is 0. The SMILES string of the molecule is C(=C1/OC(c2ccccc2)=Nc2ccccc21)/c1ccccc1. The van der Waals surface area contributed by atoms with Gasteiger partial charge in [0.05, 0.1) is 5.69 Å². The maximum Gasteiger partial charge on any atom is 0.227 e. The van der Waals surface area contributed by atoms with Crippen molar-refractivity contribution in [3.05, 3.63) is 102 Å². The van der Waals surface area contributed by atoms with Gasteiger partial charge in [0.15, 0.2) is 0 Å². The van der Waals surface area contributed by atoms with Crippen LogP contribution in [0.4, 0.5) is 5.69 Å². The maximum atomic E-state index is 6.11. The van der Waals surface area contributed by atoms with Crippen LogP contribution in [0.15, 0.2) is 89.9 Å². The normalized spacial score (nSPS) is 14.8. The molecule has 0 fully saturated rings. The molecular weight excluding hydrogens is 282 g/mol. The fourth-order valence-electron chi connectivity index (χ4n) is 2.58. The lowest BCUT2D eigenvalue weighted by molar-refractivity contribution is 0.507. The standard InChI is InChI=1S/C21H15NO/c1-3-9-16(10-4-1)15-20-18-13-7-8-14-19(18)22-21(23-20)17-11-5-2-6-12-17/h1-15H/b20-15-. The van der Waals surface area contributed by atoms with E-state index in [2.05, 4.69) is 23.2 Å². The number of aliphatic imine (C=N–C) groups is 1. The van der Waals surface area contributed by atoms with E-state index >= 15 is 0 Å². The van der Waals surface area contributed by atoms with Crippen molar-refractivity contribution in [2.24, 2.45) is 4.99 Å². The van der Waals surface area contributed by atoms with Crippen LogP contribution in [0.3, 0.4) is 0 Å². The largest absolute Gasteiger partial charge is 0.438 e. The smallest absolute Gasteiger partial charge is 0.227 e. The van der Waals surface area contributed by atoms with Gasteiger partial charge in [-0.15, -0.1) is 0 Å². The zero-order chi connectivity index (χ0) is 15.5. The van der Waals surface area contributed by atoms with Gasteiger partial charge in [-0.1, -0.05) is 60.7 Å². The van der Waals surface area contributed by atoms with Gasteiger partial charge in [-0.25, -0.2) is 4.99 Å². The van der Waals surface area contributed by atoms with E-state index in [1.165, 1.54) is 0 Å². The van der Waals surface area contributed by atoms with Gasteiger partial charge >= 0.3 is 0 Å². The molecule has 0 aromatic heterocycles. The summed E-state index contributed by atoms with van der Waals surface area (Å²) in [6.45, 7) is 0. The molecule has 2 heteroatoms. The van der Waals surface area contributed by atoms with E-state index in [-0.39, 0.29) is 0 Å². The molecule has 0 unspecified atom stereocenters. The third-order valence-corrected chi connectivity index (χ3v) is 3.72. The van der Waals surface area contributed by atoms with E-state index in [4.69, 9.17) is 4.74 Å². The molecule has 0 saturated heterocycles. The van der Waals surface area contributed by atoms with Crippen LogP contribution in [-0.4, -0.2) is 5.90 Å². The van der Waals surface area contributed by atoms with Crippen molar-refractivity contribution in [3.63, 3.8) is 0 Å². The Labute approximate surface area is 135 Å². The summed E-state index contributed by atoms with van der Waals surface area (Å²) in [6, 6.07) is 28.2. The molecule has 0 radical (unpaired) electrons. The van der Waals surface area contributed by atoms with Gasteiger partial charge in [0.1, 0.15) is 5.76 Å². The highest BCUT2D eigenvalue weighted by atomic mass is 16.5. The minimum atomic E-state index is 0.631. The van der Waals surface area contributed by atoms with E-state index in [9.17, 15) is 0 Å². The van der Waals surface area contributed by atoms with Crippen LogP contribution in [0.2, 0.25) is 0 Å². The highest BCUT2D eigenvalue weighted by Gasteiger charge is 2.19. The van der Waals surface area contributed by atoms with Crippen molar-refractivity contribution in [3.8, 4) is 0 Å². The van der Waals surface area contributed by atoms with Crippen LogP contribution >= 0.6 is 0 Å². The van der Waals surface area contributed by atoms with Gasteiger partial charge in [0.25, 0.3) is 0 Å². The molecule has 1 aliphatic rings. The summed E-state index contributed by atoms with van der Waals surface area (Å²) in [4.78, 5) is 4.66. The molecule has 2 nitrogen and oxygen atoms in total. The predicted molar refractivity (Wildman–Crippen MR) is 94.5 cm³/mol. The van der Waals surface area contributed by atoms with Crippen molar-refractivity contribution >= 4 is 23.4 Å². The Morgan fingerprint density at radius 1 is 0.696 bits per heavy atom. The van der Waals surface area contributed by atoms with Crippen LogP contribution in [0.5, 0.6) is 0 Å². The van der Waals surface area contributed by atoms with Gasteiger partial charge in [-0.2, -0.15) is 0 Å². The average Bonchev–Trinajstić information content (AvgIpc) is 2.63. The summed E-state index contributed by atoms with van der Waals surface area (Å²) in [6.07, 6.45) is 2.05. The molecule has 0 spiro atoms. The maximum absolute atomic E-state index is 6.11. The van der Waals surface area contributed by atoms with Gasteiger partial charge in [0, 0.05) is 11.1 Å². The Balaban J connectivity index is 1.83. The fourth-order valence-corrected chi connectivity index (χ4v) is 2.58. The van der Waals surface area contributed by atoms with Crippen LogP contribution < -0.4 is 0 Å². The van der Waals surface area contributed by atoms with Crippen LogP contribution in [0.1, 0.15) is 16.7 Å². The number of hydrogen-bond donors (Lipinski definition) is 0. The molecule has 1 heterocycles. The minimum absolute atomic E-state index is 0.631. The first-order valence-electron chi connectivity index (χ1n) is 7.58. The molecule has 0 N–H and O–H groups in total. The topological polar surface area (TPSA) is 21.6 Å². The Morgan fingerprint density at radius 2 is 1.35 bits per heavy atom. The molecule has 3 aromatic rings. The van der Waals surface area contributed by atoms with E-state index < -0.39 is 0 Å². The number of para-hydroxylation sites is 1. The van der Waals surface area contributed by atoms with E-state index in [1.807, 2.05) is 72.8 Å². The van der Waals surface area contributed by atoms with E-state index in [1.54, 1.807) is 0 Å². The Kier molecular flexibility index (Phi) is 3.49. The molecule has 110 valence electrons. The number of benzene rings is 3. The van der Waals surface area contributed by atoms with E-state index in [0.717, 1.165) is 28.1 Å². The lowest BCUT2D eigenvalue weighted by Gasteiger charge is -2.19. The Morgan fingerprint density at radius 3 is 2.13 bits per heavy atom. The molecule has 0 aliphatic carbocycles. The number of rotatable bonds is 2. The zero-order valence-electron chi connectivity index (χ0n) is 12.5. The van der Waals surface area contributed by atoms with Gasteiger partial charge in [-0.3, -0.25) is 0 Å². The molecule has 0 saturated carbocycles. The summed E-state index contributed by atoms with van der Waals surface area (Å²) in [5.74, 6) is 1.45. The minimum Gasteiger partial charge on any atom is -0.438 e. The summed E-state index contributed by atoms with van der Waals surface area (Å²) < 4.78 is 6.11. The fraction of sp³-hybridized carbons (Fsp3) is 0. The quantitative estimate of drug-likeness (QED) is 0.629. The zero-order valence-corrected chi connectivity index (χ0v) is 12.5. The molecule has 3 aromatic carbocycles. The van der Waals surface area contributed by atoms with Crippen molar-refractivity contribution < 1.29 is 4.74 Å². The van der Waals surface area contributed by atoms with Crippen LogP contribution in [0.25, 0.3) is 11.8 Å². The monoisotopic (exact) mass is 297 g/mol. The first-order valence-corrected chi connectivity index (χ1v) is 7.58. The van der Waals surface area contributed by atoms with Gasteiger partial charge in [-0.05, 0) is 35.9 Å². The van der Waals surface area contributed by atoms with Crippen molar-refractivity contribution in [1.29, 1.82) is 0 Å². The molecule has 0 atom stereocenters. The molecule has 0 amide bonds. The van der Waals surface area contributed by atoms with Crippen LogP contribution in [-0.2, 0) is 4.74 Å². The predicted octanol–water partition coefficient (Wildman–Crippen LogP) is 5.29. The second-order valence-electron chi connectivity index (χ2n) is 5.32. The molecule has 0 bridgehead atoms. The van der Waals surface area contributed by atoms with Gasteiger partial charge in [0.2, 0.25) is 5.90 Å². The Hall–Kier alpha value is -3.13. The second kappa shape index (κ2) is 5.93. The first-order chi connectivity index (χ1) is 11.4. The lowest BCUT2D eigenvalue weighted by atomic mass is 10.1. The summed E-state index contributed by atoms with van der Waals surface area (Å²) in [5, 5.41) is 0. The van der Waals surface area contributed by atoms with Crippen molar-refractivity contribution in [2.45, 2.75) is 0 Å². The van der Waals surface area contributed by atoms with E-state index in [0.29, 0.717) is 5.90 Å². The van der Waals surface area contributed by atoms with Crippen molar-refractivity contribution in [2.75, 3.05) is 0 Å². The third-order valence-electron chi connectivity index (χ3n) is 3.72. The molecule has 23 heavy (non-hydrogen) atoms. The summed E-state index contributed by atoms with van der Waals surface area (Å²) in [7, 11) is 0. The van der Waals surface area contributed by atoms with Crippen molar-refractivity contribution in [1.82, 2.24) is 0 Å². The summed E-state index contributed by atoms with van der Waals surface area (Å²) in [5.41, 5.74) is 4.02. The number of nitrogens with zero attached hydrogens (tertiary/aromatic N) is 1. The third kappa shape index (κ3) is 2.79. The highest BCUT2D eigenvalue weighted by Crippen LogP contribution is 2.34. The average molecular weight is 297 g/mol.